The van der Waals surface area contributed by atoms with E-state index in [0.29, 0.717) is 22.5 Å². The van der Waals surface area contributed by atoms with E-state index in [1.807, 2.05) is 11.8 Å². The van der Waals surface area contributed by atoms with E-state index in [2.05, 4.69) is 22.5 Å². The minimum Gasteiger partial charge on any atom is -0.370 e. The highest BCUT2D eigenvalue weighted by Crippen LogP contribution is 2.22. The fraction of sp³-hybridized carbons (Fsp3) is 0.600. The Kier molecular flexibility index (Phi) is 6.64. The zero-order valence-corrected chi connectivity index (χ0v) is 13.9. The van der Waals surface area contributed by atoms with E-state index in [1.54, 1.807) is 12.1 Å². The van der Waals surface area contributed by atoms with Crippen LogP contribution in [-0.2, 0) is 0 Å². The number of pyridine rings is 1. The Morgan fingerprint density at radius 2 is 2.19 bits per heavy atom. The number of amides is 1. The molecule has 0 bridgehead atoms. The number of thioether (sulfide) groups is 1. The lowest BCUT2D eigenvalue weighted by molar-refractivity contribution is 0.0946. The van der Waals surface area contributed by atoms with Gasteiger partial charge in [0.1, 0.15) is 11.0 Å². The van der Waals surface area contributed by atoms with Gasteiger partial charge in [-0.15, -0.1) is 0 Å². The molecular weight excluding hydrogens is 306 g/mol. The molecule has 0 atom stereocenters. The van der Waals surface area contributed by atoms with Gasteiger partial charge in [-0.05, 0) is 48.8 Å². The lowest BCUT2D eigenvalue weighted by Crippen LogP contribution is -2.31. The van der Waals surface area contributed by atoms with Gasteiger partial charge < -0.3 is 10.6 Å². The molecule has 0 aliphatic carbocycles. The molecule has 1 aromatic heterocycles. The summed E-state index contributed by atoms with van der Waals surface area (Å²) in [6.45, 7) is 3.64. The third-order valence-corrected chi connectivity index (χ3v) is 4.75. The van der Waals surface area contributed by atoms with Crippen LogP contribution in [0.4, 0.5) is 5.82 Å². The van der Waals surface area contributed by atoms with Crippen molar-refractivity contribution in [2.24, 2.45) is 5.92 Å². The van der Waals surface area contributed by atoms with E-state index in [0.717, 1.165) is 19.5 Å². The largest absolute Gasteiger partial charge is 0.370 e. The van der Waals surface area contributed by atoms with Crippen LogP contribution in [0.3, 0.4) is 0 Å². The second kappa shape index (κ2) is 8.49. The van der Waals surface area contributed by atoms with Crippen LogP contribution in [0.2, 0.25) is 5.15 Å². The van der Waals surface area contributed by atoms with Crippen LogP contribution in [0.5, 0.6) is 0 Å². The molecule has 2 N–H and O–H groups in total. The highest BCUT2D eigenvalue weighted by molar-refractivity contribution is 7.99. The van der Waals surface area contributed by atoms with Gasteiger partial charge in [0.25, 0.3) is 5.91 Å². The maximum atomic E-state index is 12.2. The van der Waals surface area contributed by atoms with Crippen LogP contribution in [0.25, 0.3) is 0 Å². The van der Waals surface area contributed by atoms with Crippen LogP contribution in [0.15, 0.2) is 12.1 Å². The number of aromatic nitrogens is 1. The number of rotatable bonds is 6. The smallest absolute Gasteiger partial charge is 0.251 e. The zero-order valence-electron chi connectivity index (χ0n) is 12.3. The van der Waals surface area contributed by atoms with Crippen LogP contribution >= 0.6 is 23.4 Å². The number of halogens is 1. The molecule has 21 heavy (non-hydrogen) atoms. The number of nitrogens with one attached hydrogen (secondary N) is 2. The highest BCUT2D eigenvalue weighted by atomic mass is 35.5. The number of hydrogen-bond donors (Lipinski definition) is 2. The Morgan fingerprint density at radius 1 is 1.43 bits per heavy atom. The normalized spacial score (nSPS) is 15.7. The molecule has 1 amide bonds. The van der Waals surface area contributed by atoms with E-state index in [4.69, 9.17) is 11.6 Å². The number of nitrogens with zero attached hydrogens (tertiary/aromatic N) is 1. The molecule has 1 aliphatic heterocycles. The van der Waals surface area contributed by atoms with Crippen molar-refractivity contribution >= 4 is 35.1 Å². The molecule has 4 nitrogen and oxygen atoms in total. The van der Waals surface area contributed by atoms with Gasteiger partial charge in [0.05, 0.1) is 0 Å². The van der Waals surface area contributed by atoms with Crippen LogP contribution in [0, 0.1) is 5.92 Å². The van der Waals surface area contributed by atoms with Crippen molar-refractivity contribution in [1.29, 1.82) is 0 Å². The first-order chi connectivity index (χ1) is 10.2. The maximum Gasteiger partial charge on any atom is 0.251 e. The van der Waals surface area contributed by atoms with Crippen molar-refractivity contribution in [3.05, 3.63) is 22.8 Å². The Bertz CT molecular complexity index is 478. The lowest BCUT2D eigenvalue weighted by Gasteiger charge is -2.21. The minimum absolute atomic E-state index is 0.0722. The Labute approximate surface area is 135 Å². The maximum absolute atomic E-state index is 12.2. The Balaban J connectivity index is 1.92. The van der Waals surface area contributed by atoms with Gasteiger partial charge >= 0.3 is 0 Å². The first kappa shape index (κ1) is 16.4. The third-order valence-electron chi connectivity index (χ3n) is 3.50. The fourth-order valence-corrected chi connectivity index (χ4v) is 3.67. The van der Waals surface area contributed by atoms with Crippen molar-refractivity contribution in [2.45, 2.75) is 26.2 Å². The van der Waals surface area contributed by atoms with E-state index in [1.165, 1.54) is 24.3 Å². The van der Waals surface area contributed by atoms with E-state index >= 15 is 0 Å². The first-order valence-electron chi connectivity index (χ1n) is 7.46. The third kappa shape index (κ3) is 5.40. The summed E-state index contributed by atoms with van der Waals surface area (Å²) >= 11 is 7.98. The van der Waals surface area contributed by atoms with E-state index in [-0.39, 0.29) is 5.91 Å². The number of carbonyl (C=O) groups excluding carboxylic acids is 1. The van der Waals surface area contributed by atoms with Gasteiger partial charge in [-0.1, -0.05) is 18.5 Å². The van der Waals surface area contributed by atoms with Crippen LogP contribution < -0.4 is 10.6 Å². The molecule has 1 saturated heterocycles. The second-order valence-electron chi connectivity index (χ2n) is 5.26. The molecule has 1 aromatic rings. The van der Waals surface area contributed by atoms with Crippen LogP contribution in [0.1, 0.15) is 36.5 Å². The SMILES string of the molecule is CCCNc1cc(C(=O)NCC2CCSCC2)cc(Cl)n1. The van der Waals surface area contributed by atoms with Crippen molar-refractivity contribution in [3.63, 3.8) is 0 Å². The number of hydrogen-bond acceptors (Lipinski definition) is 4. The Morgan fingerprint density at radius 3 is 2.90 bits per heavy atom. The predicted molar refractivity (Wildman–Crippen MR) is 90.4 cm³/mol. The summed E-state index contributed by atoms with van der Waals surface area (Å²) in [5, 5.41) is 6.52. The molecule has 0 spiro atoms. The number of anilines is 1. The van der Waals surface area contributed by atoms with Crippen molar-refractivity contribution in [2.75, 3.05) is 29.9 Å². The molecular formula is C15H22ClN3OS. The molecule has 2 rings (SSSR count). The molecule has 0 saturated carbocycles. The molecule has 6 heteroatoms. The summed E-state index contributed by atoms with van der Waals surface area (Å²) in [5.41, 5.74) is 0.568. The van der Waals surface area contributed by atoms with Crippen molar-refractivity contribution in [3.8, 4) is 0 Å². The van der Waals surface area contributed by atoms with Gasteiger partial charge in [-0.2, -0.15) is 11.8 Å². The van der Waals surface area contributed by atoms with Gasteiger partial charge in [0, 0.05) is 18.7 Å². The first-order valence-corrected chi connectivity index (χ1v) is 8.99. The topological polar surface area (TPSA) is 54.0 Å². The molecule has 0 aromatic carbocycles. The van der Waals surface area contributed by atoms with Crippen LogP contribution in [-0.4, -0.2) is 35.5 Å². The Hall–Kier alpha value is -0.940. The summed E-state index contributed by atoms with van der Waals surface area (Å²) in [7, 11) is 0. The molecule has 0 radical (unpaired) electrons. The highest BCUT2D eigenvalue weighted by Gasteiger charge is 2.15. The summed E-state index contributed by atoms with van der Waals surface area (Å²) in [6, 6.07) is 3.37. The van der Waals surface area contributed by atoms with Gasteiger partial charge in [-0.3, -0.25) is 4.79 Å². The van der Waals surface area contributed by atoms with E-state index < -0.39 is 0 Å². The molecule has 2 heterocycles. The predicted octanol–water partition coefficient (Wildman–Crippen LogP) is 3.43. The summed E-state index contributed by atoms with van der Waals surface area (Å²) in [5.74, 6) is 3.59. The summed E-state index contributed by atoms with van der Waals surface area (Å²) < 4.78 is 0. The quantitative estimate of drug-likeness (QED) is 0.786. The lowest BCUT2D eigenvalue weighted by atomic mass is 10.0. The molecule has 0 unspecified atom stereocenters. The number of carbonyl (C=O) groups is 1. The van der Waals surface area contributed by atoms with Gasteiger partial charge in [-0.25, -0.2) is 4.98 Å². The van der Waals surface area contributed by atoms with Gasteiger partial charge in [0.2, 0.25) is 0 Å². The molecule has 1 fully saturated rings. The fourth-order valence-electron chi connectivity index (χ4n) is 2.26. The zero-order chi connectivity index (χ0) is 15.1. The van der Waals surface area contributed by atoms with Gasteiger partial charge in [0.15, 0.2) is 0 Å². The minimum atomic E-state index is -0.0722. The molecule has 116 valence electrons. The average molecular weight is 328 g/mol. The summed E-state index contributed by atoms with van der Waals surface area (Å²) in [4.78, 5) is 16.4. The standard InChI is InChI=1S/C15H22ClN3OS/c1-2-5-17-14-9-12(8-13(16)19-14)15(20)18-10-11-3-6-21-7-4-11/h8-9,11H,2-7,10H2,1H3,(H,17,19)(H,18,20). The monoisotopic (exact) mass is 327 g/mol. The van der Waals surface area contributed by atoms with E-state index in [9.17, 15) is 4.79 Å². The van der Waals surface area contributed by atoms with Crippen molar-refractivity contribution < 1.29 is 4.79 Å². The molecule has 1 aliphatic rings. The van der Waals surface area contributed by atoms with Crippen molar-refractivity contribution in [1.82, 2.24) is 10.3 Å². The average Bonchev–Trinajstić information content (AvgIpc) is 2.51. The second-order valence-corrected chi connectivity index (χ2v) is 6.87. The summed E-state index contributed by atoms with van der Waals surface area (Å²) in [6.07, 6.45) is 3.37.